The van der Waals surface area contributed by atoms with Crippen LogP contribution >= 0.6 is 0 Å². The van der Waals surface area contributed by atoms with Gasteiger partial charge >= 0.3 is 0 Å². The molecule has 2 rings (SSSR count). The molecular formula is C24H32N2O2. The highest BCUT2D eigenvalue weighted by atomic mass is 16.2. The van der Waals surface area contributed by atoms with Crippen molar-refractivity contribution in [1.29, 1.82) is 0 Å². The van der Waals surface area contributed by atoms with E-state index < -0.39 is 6.04 Å². The van der Waals surface area contributed by atoms with Crippen LogP contribution in [0.2, 0.25) is 0 Å². The summed E-state index contributed by atoms with van der Waals surface area (Å²) in [7, 11) is 0. The van der Waals surface area contributed by atoms with Crippen LogP contribution in [0.4, 0.5) is 0 Å². The summed E-state index contributed by atoms with van der Waals surface area (Å²) in [6.07, 6.45) is 2.55. The Labute approximate surface area is 169 Å². The average molecular weight is 381 g/mol. The zero-order chi connectivity index (χ0) is 20.4. The maximum absolute atomic E-state index is 13.1. The third-order valence-electron chi connectivity index (χ3n) is 4.88. The van der Waals surface area contributed by atoms with E-state index in [1.165, 1.54) is 5.56 Å². The van der Waals surface area contributed by atoms with Gasteiger partial charge in [0.05, 0.1) is 0 Å². The summed E-state index contributed by atoms with van der Waals surface area (Å²) in [5, 5.41) is 2.95. The van der Waals surface area contributed by atoms with E-state index in [2.05, 4.69) is 5.32 Å². The number of hydrogen-bond donors (Lipinski definition) is 1. The summed E-state index contributed by atoms with van der Waals surface area (Å²) < 4.78 is 0. The molecule has 2 amide bonds. The topological polar surface area (TPSA) is 49.4 Å². The van der Waals surface area contributed by atoms with Crippen molar-refractivity contribution in [2.75, 3.05) is 6.54 Å². The van der Waals surface area contributed by atoms with Gasteiger partial charge < -0.3 is 10.2 Å². The van der Waals surface area contributed by atoms with E-state index in [1.54, 1.807) is 4.90 Å². The molecule has 2 aromatic rings. The summed E-state index contributed by atoms with van der Waals surface area (Å²) in [6.45, 7) is 7.11. The van der Waals surface area contributed by atoms with Crippen molar-refractivity contribution in [3.8, 4) is 0 Å². The molecule has 0 aromatic heterocycles. The minimum absolute atomic E-state index is 0.0166. The number of aryl methyl sites for hydroxylation is 2. The first-order valence-corrected chi connectivity index (χ1v) is 10.2. The summed E-state index contributed by atoms with van der Waals surface area (Å²) >= 11 is 0. The predicted molar refractivity (Wildman–Crippen MR) is 114 cm³/mol. The van der Waals surface area contributed by atoms with Crippen LogP contribution in [-0.2, 0) is 22.6 Å². The summed E-state index contributed by atoms with van der Waals surface area (Å²) in [6, 6.07) is 17.7. The Balaban J connectivity index is 2.16. The summed E-state index contributed by atoms with van der Waals surface area (Å²) in [5.74, 6) is -0.0487. The van der Waals surface area contributed by atoms with Gasteiger partial charge in [0.15, 0.2) is 0 Å². The lowest BCUT2D eigenvalue weighted by atomic mass is 10.1. The number of rotatable bonds is 10. The number of nitrogens with zero attached hydrogens (tertiary/aromatic N) is 1. The lowest BCUT2D eigenvalue weighted by Crippen LogP contribution is -2.49. The van der Waals surface area contributed by atoms with Crippen molar-refractivity contribution in [2.45, 2.75) is 59.0 Å². The van der Waals surface area contributed by atoms with Gasteiger partial charge in [-0.25, -0.2) is 0 Å². The van der Waals surface area contributed by atoms with Crippen LogP contribution in [0.1, 0.15) is 49.8 Å². The summed E-state index contributed by atoms with van der Waals surface area (Å²) in [4.78, 5) is 27.6. The Hall–Kier alpha value is -2.62. The van der Waals surface area contributed by atoms with E-state index in [9.17, 15) is 9.59 Å². The molecule has 4 heteroatoms. The molecule has 0 fully saturated rings. The van der Waals surface area contributed by atoms with Crippen molar-refractivity contribution in [3.05, 3.63) is 71.3 Å². The van der Waals surface area contributed by atoms with Crippen molar-refractivity contribution in [1.82, 2.24) is 10.2 Å². The first-order chi connectivity index (χ1) is 13.5. The number of hydrogen-bond acceptors (Lipinski definition) is 2. The van der Waals surface area contributed by atoms with Gasteiger partial charge in [0.25, 0.3) is 0 Å². The minimum Gasteiger partial charge on any atom is -0.354 e. The lowest BCUT2D eigenvalue weighted by Gasteiger charge is -2.31. The van der Waals surface area contributed by atoms with Gasteiger partial charge in [-0.3, -0.25) is 9.59 Å². The molecule has 0 radical (unpaired) electrons. The smallest absolute Gasteiger partial charge is 0.242 e. The monoisotopic (exact) mass is 380 g/mol. The molecule has 1 atom stereocenters. The van der Waals surface area contributed by atoms with Gasteiger partial charge in [-0.05, 0) is 37.3 Å². The van der Waals surface area contributed by atoms with E-state index in [0.29, 0.717) is 32.4 Å². The highest BCUT2D eigenvalue weighted by Gasteiger charge is 2.28. The molecule has 0 heterocycles. The Kier molecular flexibility index (Phi) is 8.73. The van der Waals surface area contributed by atoms with Crippen LogP contribution in [0.5, 0.6) is 0 Å². The molecule has 0 spiro atoms. The Morgan fingerprint density at radius 3 is 2.25 bits per heavy atom. The second-order valence-corrected chi connectivity index (χ2v) is 7.21. The third kappa shape index (κ3) is 6.52. The maximum atomic E-state index is 13.1. The van der Waals surface area contributed by atoms with E-state index >= 15 is 0 Å². The van der Waals surface area contributed by atoms with E-state index in [1.807, 2.05) is 75.4 Å². The average Bonchev–Trinajstić information content (AvgIpc) is 2.72. The van der Waals surface area contributed by atoms with Crippen molar-refractivity contribution < 1.29 is 9.59 Å². The molecule has 0 aliphatic rings. The normalized spacial score (nSPS) is 11.7. The van der Waals surface area contributed by atoms with E-state index in [-0.39, 0.29) is 11.8 Å². The van der Waals surface area contributed by atoms with Crippen LogP contribution in [0.15, 0.2) is 54.6 Å². The summed E-state index contributed by atoms with van der Waals surface area (Å²) in [5.41, 5.74) is 3.36. The van der Waals surface area contributed by atoms with E-state index in [4.69, 9.17) is 0 Å². The van der Waals surface area contributed by atoms with Crippen molar-refractivity contribution in [3.63, 3.8) is 0 Å². The highest BCUT2D eigenvalue weighted by Crippen LogP contribution is 2.15. The number of benzene rings is 2. The van der Waals surface area contributed by atoms with Gasteiger partial charge in [0.1, 0.15) is 6.04 Å². The maximum Gasteiger partial charge on any atom is 0.242 e. The molecule has 0 saturated heterocycles. The zero-order valence-corrected chi connectivity index (χ0v) is 17.3. The molecule has 1 N–H and O–H groups in total. The largest absolute Gasteiger partial charge is 0.354 e. The van der Waals surface area contributed by atoms with E-state index in [0.717, 1.165) is 17.5 Å². The number of carbonyl (C=O) groups is 2. The molecule has 2 aromatic carbocycles. The second-order valence-electron chi connectivity index (χ2n) is 7.21. The molecule has 0 aliphatic heterocycles. The third-order valence-corrected chi connectivity index (χ3v) is 4.88. The number of carbonyl (C=O) groups excluding carboxylic acids is 2. The first kappa shape index (κ1) is 21.7. The van der Waals surface area contributed by atoms with Crippen molar-refractivity contribution in [2.24, 2.45) is 0 Å². The number of amides is 2. The quantitative estimate of drug-likeness (QED) is 0.669. The molecule has 0 aliphatic carbocycles. The number of nitrogens with one attached hydrogen (secondary N) is 1. The molecule has 4 nitrogen and oxygen atoms in total. The fourth-order valence-corrected chi connectivity index (χ4v) is 3.22. The molecular weight excluding hydrogens is 348 g/mol. The Morgan fingerprint density at radius 1 is 0.964 bits per heavy atom. The highest BCUT2D eigenvalue weighted by molar-refractivity contribution is 5.87. The van der Waals surface area contributed by atoms with Crippen molar-refractivity contribution >= 4 is 11.8 Å². The fourth-order valence-electron chi connectivity index (χ4n) is 3.22. The standard InChI is InChI=1S/C24H32N2O2/c1-4-17-25-24(28)22(5-2)26(18-21-13-11-19(3)12-14-21)23(27)16-15-20-9-7-6-8-10-20/h6-14,22H,4-5,15-18H2,1-3H3,(H,25,28). The van der Waals surface area contributed by atoms with Crippen LogP contribution in [-0.4, -0.2) is 29.3 Å². The van der Waals surface area contributed by atoms with Gasteiger partial charge in [-0.15, -0.1) is 0 Å². The first-order valence-electron chi connectivity index (χ1n) is 10.2. The predicted octanol–water partition coefficient (Wildman–Crippen LogP) is 4.26. The van der Waals surface area contributed by atoms with Gasteiger partial charge in [-0.1, -0.05) is 74.0 Å². The molecule has 0 saturated carbocycles. The zero-order valence-electron chi connectivity index (χ0n) is 17.3. The second kappa shape index (κ2) is 11.3. The van der Waals surface area contributed by atoms with Crippen LogP contribution in [0, 0.1) is 6.92 Å². The lowest BCUT2D eigenvalue weighted by molar-refractivity contribution is -0.141. The Bertz CT molecular complexity index is 741. The molecule has 1 unspecified atom stereocenters. The van der Waals surface area contributed by atoms with Crippen LogP contribution < -0.4 is 5.32 Å². The molecule has 28 heavy (non-hydrogen) atoms. The molecule has 0 bridgehead atoms. The van der Waals surface area contributed by atoms with Gasteiger partial charge in [0.2, 0.25) is 11.8 Å². The fraction of sp³-hybridized carbons (Fsp3) is 0.417. The van der Waals surface area contributed by atoms with Crippen LogP contribution in [0.25, 0.3) is 0 Å². The minimum atomic E-state index is -0.448. The van der Waals surface area contributed by atoms with Crippen LogP contribution in [0.3, 0.4) is 0 Å². The van der Waals surface area contributed by atoms with Gasteiger partial charge in [-0.2, -0.15) is 0 Å². The Morgan fingerprint density at radius 2 is 1.64 bits per heavy atom. The molecule has 150 valence electrons. The van der Waals surface area contributed by atoms with Gasteiger partial charge in [0, 0.05) is 19.5 Å². The SMILES string of the molecule is CCCNC(=O)C(CC)N(Cc1ccc(C)cc1)C(=O)CCc1ccccc1.